The number of nitrogens with two attached hydrogens (primary N) is 1. The molecule has 2 N–H and O–H groups in total. The molecule has 0 aliphatic rings. The summed E-state index contributed by atoms with van der Waals surface area (Å²) in [5.74, 6) is -0.492. The van der Waals surface area contributed by atoms with Crippen molar-refractivity contribution in [1.82, 2.24) is 9.97 Å². The fraction of sp³-hybridized carbons (Fsp3) is 0.733. The average Bonchev–Trinajstić information content (AvgIpc) is 2.35. The summed E-state index contributed by atoms with van der Waals surface area (Å²) in [5.41, 5.74) is 6.24. The smallest absolute Gasteiger partial charge is 0.222 e. The van der Waals surface area contributed by atoms with E-state index in [1.54, 1.807) is 0 Å². The standard InChI is InChI=1S/C15H26FN3/c1-4-6-8-10-15(3,9-7-5-2)12-11-13(16)19-14(17)18-12/h11H,4-10H2,1-3H3,(H2,17,18,19). The van der Waals surface area contributed by atoms with Crippen LogP contribution < -0.4 is 5.73 Å². The fourth-order valence-corrected chi connectivity index (χ4v) is 2.46. The monoisotopic (exact) mass is 267 g/mol. The Hall–Kier alpha value is -1.19. The van der Waals surface area contributed by atoms with E-state index >= 15 is 0 Å². The quantitative estimate of drug-likeness (QED) is 0.566. The molecule has 0 spiro atoms. The summed E-state index contributed by atoms with van der Waals surface area (Å²) in [6.07, 6.45) is 7.82. The summed E-state index contributed by atoms with van der Waals surface area (Å²) < 4.78 is 13.4. The zero-order valence-corrected chi connectivity index (χ0v) is 12.4. The highest BCUT2D eigenvalue weighted by atomic mass is 19.1. The Bertz CT molecular complexity index is 375. The number of anilines is 1. The minimum absolute atomic E-state index is 0.0354. The van der Waals surface area contributed by atoms with E-state index in [-0.39, 0.29) is 11.4 Å². The Morgan fingerprint density at radius 3 is 2.32 bits per heavy atom. The average molecular weight is 267 g/mol. The molecule has 0 radical (unpaired) electrons. The van der Waals surface area contributed by atoms with Crippen LogP contribution in [0, 0.1) is 5.95 Å². The largest absolute Gasteiger partial charge is 0.368 e. The molecule has 1 aromatic heterocycles. The van der Waals surface area contributed by atoms with Crippen LogP contribution in [-0.4, -0.2) is 9.97 Å². The minimum Gasteiger partial charge on any atom is -0.368 e. The Labute approximate surface area is 115 Å². The lowest BCUT2D eigenvalue weighted by Gasteiger charge is -2.29. The molecule has 1 aromatic rings. The zero-order valence-electron chi connectivity index (χ0n) is 12.4. The molecule has 0 saturated carbocycles. The van der Waals surface area contributed by atoms with Crippen molar-refractivity contribution in [3.63, 3.8) is 0 Å². The summed E-state index contributed by atoms with van der Waals surface area (Å²) in [6.45, 7) is 6.52. The number of rotatable bonds is 8. The molecule has 1 unspecified atom stereocenters. The first-order chi connectivity index (χ1) is 9.01. The van der Waals surface area contributed by atoms with Gasteiger partial charge in [-0.2, -0.15) is 9.37 Å². The van der Waals surface area contributed by atoms with Crippen LogP contribution >= 0.6 is 0 Å². The Morgan fingerprint density at radius 2 is 1.74 bits per heavy atom. The molecule has 0 aliphatic carbocycles. The second kappa shape index (κ2) is 7.41. The summed E-state index contributed by atoms with van der Waals surface area (Å²) >= 11 is 0. The van der Waals surface area contributed by atoms with Gasteiger partial charge in [-0.25, -0.2) is 4.98 Å². The van der Waals surface area contributed by atoms with Gasteiger partial charge >= 0.3 is 0 Å². The molecule has 0 bridgehead atoms. The summed E-state index contributed by atoms with van der Waals surface area (Å²) in [6, 6.07) is 1.44. The maximum Gasteiger partial charge on any atom is 0.222 e. The topological polar surface area (TPSA) is 51.8 Å². The number of aromatic nitrogens is 2. The van der Waals surface area contributed by atoms with Crippen molar-refractivity contribution in [1.29, 1.82) is 0 Å². The second-order valence-electron chi connectivity index (χ2n) is 5.56. The van der Waals surface area contributed by atoms with Gasteiger partial charge in [-0.1, -0.05) is 52.9 Å². The van der Waals surface area contributed by atoms with Crippen LogP contribution in [0.1, 0.15) is 71.4 Å². The molecule has 0 amide bonds. The number of nitrogens with zero attached hydrogens (tertiary/aromatic N) is 2. The predicted octanol–water partition coefficient (Wildman–Crippen LogP) is 4.23. The van der Waals surface area contributed by atoms with Gasteiger partial charge < -0.3 is 5.73 Å². The maximum absolute atomic E-state index is 13.4. The summed E-state index contributed by atoms with van der Waals surface area (Å²) in [5, 5.41) is 0. The normalized spacial score (nSPS) is 14.3. The minimum atomic E-state index is -0.527. The van der Waals surface area contributed by atoms with Gasteiger partial charge in [0, 0.05) is 11.5 Å². The SMILES string of the molecule is CCCCCC(C)(CCCC)c1cc(F)nc(N)n1. The lowest BCUT2D eigenvalue weighted by atomic mass is 9.77. The van der Waals surface area contributed by atoms with Crippen LogP contribution in [0.5, 0.6) is 0 Å². The van der Waals surface area contributed by atoms with E-state index < -0.39 is 5.95 Å². The number of unbranched alkanes of at least 4 members (excludes halogenated alkanes) is 3. The van der Waals surface area contributed by atoms with Crippen LogP contribution in [-0.2, 0) is 5.41 Å². The third-order valence-corrected chi connectivity index (χ3v) is 3.74. The molecule has 19 heavy (non-hydrogen) atoms. The summed E-state index contributed by atoms with van der Waals surface area (Å²) in [7, 11) is 0. The third-order valence-electron chi connectivity index (χ3n) is 3.74. The Kier molecular flexibility index (Phi) is 6.19. The molecule has 0 fully saturated rings. The molecule has 0 aliphatic heterocycles. The van der Waals surface area contributed by atoms with Crippen molar-refractivity contribution >= 4 is 5.95 Å². The van der Waals surface area contributed by atoms with Crippen molar-refractivity contribution < 1.29 is 4.39 Å². The molecular formula is C15H26FN3. The molecule has 3 nitrogen and oxygen atoms in total. The first kappa shape index (κ1) is 15.9. The molecule has 108 valence electrons. The van der Waals surface area contributed by atoms with Gasteiger partial charge in [0.25, 0.3) is 0 Å². The van der Waals surface area contributed by atoms with E-state index in [2.05, 4.69) is 30.7 Å². The van der Waals surface area contributed by atoms with E-state index in [1.807, 2.05) is 0 Å². The van der Waals surface area contributed by atoms with Gasteiger partial charge in [-0.3, -0.25) is 0 Å². The van der Waals surface area contributed by atoms with Gasteiger partial charge in [0.2, 0.25) is 11.9 Å². The molecule has 0 saturated heterocycles. The van der Waals surface area contributed by atoms with Gasteiger partial charge in [0.1, 0.15) is 0 Å². The van der Waals surface area contributed by atoms with Gasteiger partial charge in [0.15, 0.2) is 0 Å². The van der Waals surface area contributed by atoms with Crippen molar-refractivity contribution in [3.05, 3.63) is 17.7 Å². The van der Waals surface area contributed by atoms with Crippen LogP contribution in [0.3, 0.4) is 0 Å². The van der Waals surface area contributed by atoms with Gasteiger partial charge in [0.05, 0.1) is 5.69 Å². The third kappa shape index (κ3) is 4.77. The maximum atomic E-state index is 13.4. The highest BCUT2D eigenvalue weighted by molar-refractivity contribution is 5.23. The number of halogens is 1. The fourth-order valence-electron chi connectivity index (χ4n) is 2.46. The highest BCUT2D eigenvalue weighted by Gasteiger charge is 2.28. The molecule has 1 atom stereocenters. The molecular weight excluding hydrogens is 241 g/mol. The van der Waals surface area contributed by atoms with Gasteiger partial charge in [-0.05, 0) is 12.8 Å². The van der Waals surface area contributed by atoms with Crippen molar-refractivity contribution in [3.8, 4) is 0 Å². The van der Waals surface area contributed by atoms with E-state index in [9.17, 15) is 4.39 Å². The van der Waals surface area contributed by atoms with Crippen molar-refractivity contribution in [2.24, 2.45) is 0 Å². The number of nitrogen functional groups attached to an aromatic ring is 1. The summed E-state index contributed by atoms with van der Waals surface area (Å²) in [4.78, 5) is 7.79. The lowest BCUT2D eigenvalue weighted by molar-refractivity contribution is 0.359. The second-order valence-corrected chi connectivity index (χ2v) is 5.56. The van der Waals surface area contributed by atoms with E-state index in [0.717, 1.165) is 37.8 Å². The van der Waals surface area contributed by atoms with Crippen molar-refractivity contribution in [2.75, 3.05) is 5.73 Å². The molecule has 1 rings (SSSR count). The van der Waals surface area contributed by atoms with Crippen LogP contribution in [0.15, 0.2) is 6.07 Å². The Morgan fingerprint density at radius 1 is 1.11 bits per heavy atom. The molecule has 0 aromatic carbocycles. The lowest BCUT2D eigenvalue weighted by Crippen LogP contribution is -2.24. The van der Waals surface area contributed by atoms with E-state index in [4.69, 9.17) is 5.73 Å². The van der Waals surface area contributed by atoms with E-state index in [0.29, 0.717) is 0 Å². The number of hydrogen-bond donors (Lipinski definition) is 1. The predicted molar refractivity (Wildman–Crippen MR) is 77.4 cm³/mol. The first-order valence-electron chi connectivity index (χ1n) is 7.32. The van der Waals surface area contributed by atoms with Crippen LogP contribution in [0.2, 0.25) is 0 Å². The zero-order chi connectivity index (χ0) is 14.3. The number of hydrogen-bond acceptors (Lipinski definition) is 3. The Balaban J connectivity index is 2.92. The van der Waals surface area contributed by atoms with E-state index in [1.165, 1.54) is 18.9 Å². The van der Waals surface area contributed by atoms with Crippen LogP contribution in [0.4, 0.5) is 10.3 Å². The molecule has 4 heteroatoms. The van der Waals surface area contributed by atoms with Gasteiger partial charge in [-0.15, -0.1) is 0 Å². The molecule has 1 heterocycles. The van der Waals surface area contributed by atoms with Crippen molar-refractivity contribution in [2.45, 2.75) is 71.1 Å². The first-order valence-corrected chi connectivity index (χ1v) is 7.32. The van der Waals surface area contributed by atoms with Crippen LogP contribution in [0.25, 0.3) is 0 Å². The highest BCUT2D eigenvalue weighted by Crippen LogP contribution is 2.34.